The maximum Gasteiger partial charge on any atom is 0.203 e. The summed E-state index contributed by atoms with van der Waals surface area (Å²) in [6.07, 6.45) is 3.72. The van der Waals surface area contributed by atoms with Gasteiger partial charge in [0.05, 0.1) is 0 Å². The van der Waals surface area contributed by atoms with Gasteiger partial charge in [0, 0.05) is 42.5 Å². The fourth-order valence-electron chi connectivity index (χ4n) is 3.07. The third-order valence-electron chi connectivity index (χ3n) is 4.61. The number of anilines is 1. The van der Waals surface area contributed by atoms with E-state index < -0.39 is 0 Å². The second kappa shape index (κ2) is 6.14. The minimum atomic E-state index is 0.528. The second-order valence-corrected chi connectivity index (χ2v) is 7.21. The summed E-state index contributed by atoms with van der Waals surface area (Å²) in [6.45, 7) is 4.83. The van der Waals surface area contributed by atoms with Crippen LogP contribution in [0.25, 0.3) is 5.65 Å². The number of nitrogens with zero attached hydrogens (tertiary/aromatic N) is 6. The number of likely N-dealkylation sites (N-methyl/N-ethyl adjacent to an activating group) is 1. The predicted molar refractivity (Wildman–Crippen MR) is 97.1 cm³/mol. The number of halogens is 1. The van der Waals surface area contributed by atoms with Gasteiger partial charge in [0.15, 0.2) is 5.82 Å². The zero-order valence-corrected chi connectivity index (χ0v) is 15.3. The lowest BCUT2D eigenvalue weighted by atomic mass is 10.1. The first-order valence-corrected chi connectivity index (χ1v) is 8.77. The van der Waals surface area contributed by atoms with Crippen LogP contribution in [0.4, 0.5) is 5.82 Å². The van der Waals surface area contributed by atoms with Crippen molar-refractivity contribution in [3.8, 4) is 0 Å². The molecule has 0 atom stereocenters. The summed E-state index contributed by atoms with van der Waals surface area (Å²) in [5.74, 6) is 1.81. The monoisotopic (exact) mass is 386 g/mol. The van der Waals surface area contributed by atoms with Crippen molar-refractivity contribution in [2.45, 2.75) is 19.5 Å². The van der Waals surface area contributed by atoms with Crippen molar-refractivity contribution in [1.29, 1.82) is 0 Å². The van der Waals surface area contributed by atoms with Gasteiger partial charge in [-0.2, -0.15) is 0 Å². The smallest absolute Gasteiger partial charge is 0.203 e. The molecule has 0 spiro atoms. The largest absolute Gasteiger partial charge is 0.350 e. The molecule has 6 nitrogen and oxygen atoms in total. The zero-order chi connectivity index (χ0) is 16.7. The standard InChI is InChI=1S/C17H19BrN6/c1-12-20-21-17-16(19-7-8-24(12)17)23-10-15(11-23)22(2)9-13-3-5-14(18)6-4-13/h3-8,15H,9-11H2,1-2H3. The number of hydrogen-bond donors (Lipinski definition) is 0. The van der Waals surface area contributed by atoms with Gasteiger partial charge in [0.2, 0.25) is 5.65 Å². The third kappa shape index (κ3) is 2.78. The average molecular weight is 387 g/mol. The van der Waals surface area contributed by atoms with Crippen LogP contribution >= 0.6 is 15.9 Å². The van der Waals surface area contributed by atoms with Crippen LogP contribution in [-0.2, 0) is 6.54 Å². The molecule has 0 radical (unpaired) electrons. The summed E-state index contributed by atoms with van der Waals surface area (Å²) in [7, 11) is 2.18. The summed E-state index contributed by atoms with van der Waals surface area (Å²) in [4.78, 5) is 9.18. The lowest BCUT2D eigenvalue weighted by Crippen LogP contribution is -2.58. The van der Waals surface area contributed by atoms with Crippen LogP contribution in [0.2, 0.25) is 0 Å². The molecule has 1 fully saturated rings. The Morgan fingerprint density at radius 1 is 1.21 bits per heavy atom. The van der Waals surface area contributed by atoms with Gasteiger partial charge < -0.3 is 4.90 Å². The Hall–Kier alpha value is -1.99. The molecule has 1 aliphatic heterocycles. The first kappa shape index (κ1) is 15.5. The van der Waals surface area contributed by atoms with Crippen LogP contribution in [0.1, 0.15) is 11.4 Å². The highest BCUT2D eigenvalue weighted by Gasteiger charge is 2.32. The molecule has 3 aromatic rings. The van der Waals surface area contributed by atoms with E-state index in [-0.39, 0.29) is 0 Å². The zero-order valence-electron chi connectivity index (χ0n) is 13.7. The molecule has 2 aromatic heterocycles. The van der Waals surface area contributed by atoms with E-state index in [2.05, 4.69) is 72.2 Å². The van der Waals surface area contributed by atoms with Gasteiger partial charge in [-0.3, -0.25) is 9.30 Å². The predicted octanol–water partition coefficient (Wildman–Crippen LogP) is 2.52. The summed E-state index contributed by atoms with van der Waals surface area (Å²) in [5, 5.41) is 8.40. The topological polar surface area (TPSA) is 49.6 Å². The Bertz CT molecular complexity index is 853. The molecule has 1 saturated heterocycles. The highest BCUT2D eigenvalue weighted by molar-refractivity contribution is 9.10. The molecule has 1 aromatic carbocycles. The Morgan fingerprint density at radius 3 is 2.71 bits per heavy atom. The van der Waals surface area contributed by atoms with E-state index in [9.17, 15) is 0 Å². The molecular weight excluding hydrogens is 368 g/mol. The Balaban J connectivity index is 1.43. The quantitative estimate of drug-likeness (QED) is 0.689. The van der Waals surface area contributed by atoms with Gasteiger partial charge in [-0.15, -0.1) is 10.2 Å². The van der Waals surface area contributed by atoms with Crippen LogP contribution in [0.15, 0.2) is 41.1 Å². The molecule has 0 unspecified atom stereocenters. The van der Waals surface area contributed by atoms with Gasteiger partial charge in [-0.25, -0.2) is 4.98 Å². The van der Waals surface area contributed by atoms with E-state index in [4.69, 9.17) is 0 Å². The lowest BCUT2D eigenvalue weighted by molar-refractivity contribution is 0.197. The van der Waals surface area contributed by atoms with Crippen molar-refractivity contribution < 1.29 is 0 Å². The molecule has 4 rings (SSSR count). The summed E-state index contributed by atoms with van der Waals surface area (Å²) < 4.78 is 3.10. The lowest BCUT2D eigenvalue weighted by Gasteiger charge is -2.44. The molecule has 24 heavy (non-hydrogen) atoms. The minimum Gasteiger partial charge on any atom is -0.350 e. The fraction of sp³-hybridized carbons (Fsp3) is 0.353. The first-order valence-electron chi connectivity index (χ1n) is 7.98. The van der Waals surface area contributed by atoms with Gasteiger partial charge in [-0.05, 0) is 31.7 Å². The molecule has 0 saturated carbocycles. The highest BCUT2D eigenvalue weighted by Crippen LogP contribution is 2.25. The van der Waals surface area contributed by atoms with Crippen molar-refractivity contribution in [2.24, 2.45) is 0 Å². The number of aromatic nitrogens is 4. The van der Waals surface area contributed by atoms with Crippen LogP contribution < -0.4 is 4.90 Å². The Kier molecular flexibility index (Phi) is 3.97. The Labute approximate surface area is 149 Å². The molecule has 7 heteroatoms. The SMILES string of the molecule is Cc1nnc2c(N3CC(N(C)Cc4ccc(Br)cc4)C3)nccn12. The van der Waals surface area contributed by atoms with Gasteiger partial charge in [0.25, 0.3) is 0 Å². The van der Waals surface area contributed by atoms with Crippen LogP contribution in [0.5, 0.6) is 0 Å². The van der Waals surface area contributed by atoms with E-state index in [1.54, 1.807) is 0 Å². The van der Waals surface area contributed by atoms with Crippen LogP contribution in [0, 0.1) is 6.92 Å². The van der Waals surface area contributed by atoms with Crippen LogP contribution in [0.3, 0.4) is 0 Å². The van der Waals surface area contributed by atoms with E-state index in [1.807, 2.05) is 23.7 Å². The van der Waals surface area contributed by atoms with E-state index in [0.29, 0.717) is 6.04 Å². The van der Waals surface area contributed by atoms with Gasteiger partial charge in [0.1, 0.15) is 5.82 Å². The van der Waals surface area contributed by atoms with E-state index >= 15 is 0 Å². The summed E-state index contributed by atoms with van der Waals surface area (Å²) in [5.41, 5.74) is 2.16. The summed E-state index contributed by atoms with van der Waals surface area (Å²) >= 11 is 3.48. The molecule has 0 N–H and O–H groups in total. The number of rotatable bonds is 4. The highest BCUT2D eigenvalue weighted by atomic mass is 79.9. The minimum absolute atomic E-state index is 0.528. The van der Waals surface area contributed by atoms with Crippen molar-refractivity contribution >= 4 is 27.4 Å². The molecule has 1 aliphatic rings. The summed E-state index contributed by atoms with van der Waals surface area (Å²) in [6, 6.07) is 9.04. The van der Waals surface area contributed by atoms with Gasteiger partial charge in [-0.1, -0.05) is 28.1 Å². The van der Waals surface area contributed by atoms with Crippen molar-refractivity contribution in [2.75, 3.05) is 25.0 Å². The van der Waals surface area contributed by atoms with Crippen molar-refractivity contribution in [1.82, 2.24) is 24.5 Å². The van der Waals surface area contributed by atoms with Gasteiger partial charge >= 0.3 is 0 Å². The normalized spacial score (nSPS) is 15.2. The molecule has 0 amide bonds. The number of fused-ring (bicyclic) bond motifs is 1. The van der Waals surface area contributed by atoms with E-state index in [1.165, 1.54) is 5.56 Å². The number of benzene rings is 1. The third-order valence-corrected chi connectivity index (χ3v) is 5.14. The Morgan fingerprint density at radius 2 is 1.96 bits per heavy atom. The first-order chi connectivity index (χ1) is 11.6. The molecular formula is C17H19BrN6. The number of hydrogen-bond acceptors (Lipinski definition) is 5. The second-order valence-electron chi connectivity index (χ2n) is 6.29. The van der Waals surface area contributed by atoms with Crippen molar-refractivity contribution in [3.63, 3.8) is 0 Å². The number of aryl methyl sites for hydroxylation is 1. The maximum atomic E-state index is 4.51. The van der Waals surface area contributed by atoms with Crippen LogP contribution in [-0.4, -0.2) is 50.7 Å². The molecule has 124 valence electrons. The molecule has 0 bridgehead atoms. The fourth-order valence-corrected chi connectivity index (χ4v) is 3.33. The maximum absolute atomic E-state index is 4.51. The average Bonchev–Trinajstić information content (AvgIpc) is 2.91. The van der Waals surface area contributed by atoms with E-state index in [0.717, 1.165) is 41.4 Å². The molecule has 3 heterocycles. The molecule has 0 aliphatic carbocycles. The van der Waals surface area contributed by atoms with Crippen molar-refractivity contribution in [3.05, 3.63) is 52.5 Å².